The van der Waals surface area contributed by atoms with Crippen molar-refractivity contribution >= 4 is 21.7 Å². The molecular weight excluding hydrogens is 504 g/mol. The van der Waals surface area contributed by atoms with E-state index in [1.807, 2.05) is 0 Å². The molecule has 0 bridgehead atoms. The van der Waals surface area contributed by atoms with Crippen LogP contribution >= 0.6 is 15.9 Å². The molecule has 36 heavy (non-hydrogen) atoms. The minimum Gasteiger partial charge on any atom is -0.300 e. The summed E-state index contributed by atoms with van der Waals surface area (Å²) in [5, 5.41) is 1.07. The van der Waals surface area contributed by atoms with Crippen LogP contribution in [0.2, 0.25) is 0 Å². The Morgan fingerprint density at radius 2 is 1.78 bits per heavy atom. The van der Waals surface area contributed by atoms with Crippen molar-refractivity contribution in [1.29, 1.82) is 0 Å². The Kier molecular flexibility index (Phi) is 9.94. The lowest BCUT2D eigenvalue weighted by atomic mass is 9.46. The molecule has 0 amide bonds. The van der Waals surface area contributed by atoms with Crippen molar-refractivity contribution in [3.8, 4) is 0 Å². The largest absolute Gasteiger partial charge is 0.300 e. The van der Waals surface area contributed by atoms with E-state index in [-0.39, 0.29) is 0 Å². The van der Waals surface area contributed by atoms with Gasteiger partial charge < -0.3 is 0 Å². The van der Waals surface area contributed by atoms with Crippen LogP contribution in [0.1, 0.15) is 137 Å². The first-order valence-electron chi connectivity index (χ1n) is 16.0. The monoisotopic (exact) mass is 560 g/mol. The standard InChI is InChI=1S/C34H57BrO/c1-24(2)10-9-11-25(3)30-15-16-31-29-14-13-27-22-26(23-28(36)12-7-6-8-21-35)17-19-33(27,4)32(29)18-20-34(30,31)5/h13,24-26,29-32H,6-12,14-23H2,1-5H3/t25-,26+,29+,30-,31+,32+,33+,34-/m1/s1. The van der Waals surface area contributed by atoms with Crippen LogP contribution in [-0.4, -0.2) is 11.1 Å². The average Bonchev–Trinajstić information content (AvgIpc) is 3.19. The fraction of sp³-hybridized carbons (Fsp3) is 0.912. The van der Waals surface area contributed by atoms with Crippen LogP contribution in [0.25, 0.3) is 0 Å². The van der Waals surface area contributed by atoms with Crippen LogP contribution in [0, 0.1) is 52.3 Å². The topological polar surface area (TPSA) is 17.1 Å². The summed E-state index contributed by atoms with van der Waals surface area (Å²) < 4.78 is 0. The van der Waals surface area contributed by atoms with Crippen LogP contribution in [0.15, 0.2) is 11.6 Å². The van der Waals surface area contributed by atoms with Gasteiger partial charge in [-0.15, -0.1) is 0 Å². The second-order valence-corrected chi connectivity index (χ2v) is 15.4. The zero-order valence-corrected chi connectivity index (χ0v) is 26.0. The van der Waals surface area contributed by atoms with Gasteiger partial charge in [0.25, 0.3) is 0 Å². The Hall–Kier alpha value is -0.110. The number of Topliss-reactive ketones (excluding diaryl/α,β-unsaturated/α-hetero) is 1. The minimum absolute atomic E-state index is 0.417. The normalized spacial score (nSPS) is 38.8. The maximum atomic E-state index is 12.7. The van der Waals surface area contributed by atoms with Crippen molar-refractivity contribution < 1.29 is 4.79 Å². The van der Waals surface area contributed by atoms with Crippen LogP contribution in [0.4, 0.5) is 0 Å². The molecule has 0 N–H and O–H groups in total. The Balaban J connectivity index is 1.36. The third-order valence-corrected chi connectivity index (χ3v) is 12.6. The lowest BCUT2D eigenvalue weighted by Crippen LogP contribution is -2.50. The maximum absolute atomic E-state index is 12.7. The van der Waals surface area contributed by atoms with E-state index in [0.29, 0.717) is 22.5 Å². The van der Waals surface area contributed by atoms with Crippen molar-refractivity contribution in [2.75, 3.05) is 5.33 Å². The van der Waals surface area contributed by atoms with Gasteiger partial charge >= 0.3 is 0 Å². The van der Waals surface area contributed by atoms with E-state index >= 15 is 0 Å². The molecule has 4 aliphatic rings. The van der Waals surface area contributed by atoms with Crippen molar-refractivity contribution in [2.24, 2.45) is 52.3 Å². The third-order valence-electron chi connectivity index (χ3n) is 12.0. The first kappa shape index (κ1) is 28.9. The van der Waals surface area contributed by atoms with Gasteiger partial charge in [-0.25, -0.2) is 0 Å². The number of fused-ring (bicyclic) bond motifs is 5. The molecule has 0 aromatic carbocycles. The molecule has 8 atom stereocenters. The zero-order valence-electron chi connectivity index (χ0n) is 24.4. The maximum Gasteiger partial charge on any atom is 0.133 e. The number of alkyl halides is 1. The predicted octanol–water partition coefficient (Wildman–Crippen LogP) is 10.6. The molecule has 0 saturated heterocycles. The smallest absolute Gasteiger partial charge is 0.133 e. The summed E-state index contributed by atoms with van der Waals surface area (Å²) in [6.45, 7) is 12.7. The Morgan fingerprint density at radius 1 is 0.972 bits per heavy atom. The molecule has 2 heteroatoms. The highest BCUT2D eigenvalue weighted by Gasteiger charge is 2.59. The molecular formula is C34H57BrO. The van der Waals surface area contributed by atoms with Crippen molar-refractivity contribution in [2.45, 2.75) is 137 Å². The fourth-order valence-electron chi connectivity index (χ4n) is 9.95. The summed E-state index contributed by atoms with van der Waals surface area (Å²) in [6, 6.07) is 0. The molecule has 0 unspecified atom stereocenters. The van der Waals surface area contributed by atoms with Crippen LogP contribution in [0.3, 0.4) is 0 Å². The van der Waals surface area contributed by atoms with Crippen LogP contribution < -0.4 is 0 Å². The summed E-state index contributed by atoms with van der Waals surface area (Å²) in [5.41, 5.74) is 2.76. The second-order valence-electron chi connectivity index (χ2n) is 14.6. The molecule has 0 aliphatic heterocycles. The zero-order chi connectivity index (χ0) is 25.9. The van der Waals surface area contributed by atoms with Gasteiger partial charge in [0.1, 0.15) is 5.78 Å². The molecule has 0 heterocycles. The minimum atomic E-state index is 0.417. The summed E-state index contributed by atoms with van der Waals surface area (Å²) in [5.74, 6) is 6.59. The van der Waals surface area contributed by atoms with Crippen LogP contribution in [0.5, 0.6) is 0 Å². The van der Waals surface area contributed by atoms with E-state index in [9.17, 15) is 4.79 Å². The van der Waals surface area contributed by atoms with E-state index < -0.39 is 0 Å². The van der Waals surface area contributed by atoms with Gasteiger partial charge in [0.2, 0.25) is 0 Å². The van der Waals surface area contributed by atoms with Gasteiger partial charge in [-0.3, -0.25) is 4.79 Å². The number of ketones is 1. The van der Waals surface area contributed by atoms with E-state index in [0.717, 1.165) is 60.1 Å². The summed E-state index contributed by atoms with van der Waals surface area (Å²) in [4.78, 5) is 12.7. The lowest BCUT2D eigenvalue weighted by Gasteiger charge is -2.58. The van der Waals surface area contributed by atoms with Gasteiger partial charge in [0, 0.05) is 18.2 Å². The molecule has 0 aromatic heterocycles. The first-order valence-corrected chi connectivity index (χ1v) is 17.1. The first-order chi connectivity index (χ1) is 17.2. The fourth-order valence-corrected chi connectivity index (χ4v) is 10.3. The Morgan fingerprint density at radius 3 is 2.53 bits per heavy atom. The van der Waals surface area contributed by atoms with Gasteiger partial charge in [-0.05, 0) is 116 Å². The second kappa shape index (κ2) is 12.4. The highest BCUT2D eigenvalue weighted by atomic mass is 79.9. The number of carbonyl (C=O) groups is 1. The molecule has 0 radical (unpaired) electrons. The number of unbranched alkanes of at least 4 members (excludes halogenated alkanes) is 2. The lowest BCUT2D eigenvalue weighted by molar-refractivity contribution is -0.120. The number of carbonyl (C=O) groups excluding carboxylic acids is 1. The number of hydrogen-bond donors (Lipinski definition) is 0. The molecule has 206 valence electrons. The van der Waals surface area contributed by atoms with Crippen LogP contribution in [-0.2, 0) is 4.79 Å². The highest BCUT2D eigenvalue weighted by molar-refractivity contribution is 9.09. The summed E-state index contributed by atoms with van der Waals surface area (Å²) in [7, 11) is 0. The quantitative estimate of drug-likeness (QED) is 0.132. The van der Waals surface area contributed by atoms with Gasteiger partial charge in [-0.1, -0.05) is 87.9 Å². The molecule has 3 saturated carbocycles. The van der Waals surface area contributed by atoms with E-state index in [4.69, 9.17) is 0 Å². The molecule has 4 aliphatic carbocycles. The van der Waals surface area contributed by atoms with E-state index in [2.05, 4.69) is 56.6 Å². The number of halogens is 1. The molecule has 0 aromatic rings. The average molecular weight is 562 g/mol. The van der Waals surface area contributed by atoms with Crippen molar-refractivity contribution in [1.82, 2.24) is 0 Å². The van der Waals surface area contributed by atoms with Gasteiger partial charge in [0.05, 0.1) is 0 Å². The number of rotatable bonds is 12. The SMILES string of the molecule is CC(C)CCC[C@@H](C)[C@H]1CC[C@H]2[C@@H]3CC=C4C[C@@H](CC(=O)CCCCCBr)CC[C@]4(C)[C@H]3CC[C@]12C. The number of allylic oxidation sites excluding steroid dienone is 2. The van der Waals surface area contributed by atoms with Crippen molar-refractivity contribution in [3.63, 3.8) is 0 Å². The Labute approximate surface area is 232 Å². The molecule has 4 rings (SSSR count). The summed E-state index contributed by atoms with van der Waals surface area (Å²) >= 11 is 3.51. The third kappa shape index (κ3) is 6.04. The van der Waals surface area contributed by atoms with E-state index in [1.165, 1.54) is 83.5 Å². The summed E-state index contributed by atoms with van der Waals surface area (Å²) in [6.07, 6.45) is 23.1. The number of hydrogen-bond acceptors (Lipinski definition) is 1. The van der Waals surface area contributed by atoms with E-state index in [1.54, 1.807) is 5.57 Å². The van der Waals surface area contributed by atoms with Gasteiger partial charge in [-0.2, -0.15) is 0 Å². The highest BCUT2D eigenvalue weighted by Crippen LogP contribution is 2.67. The Bertz CT molecular complexity index is 769. The van der Waals surface area contributed by atoms with Crippen molar-refractivity contribution in [3.05, 3.63) is 11.6 Å². The molecule has 3 fully saturated rings. The van der Waals surface area contributed by atoms with Gasteiger partial charge in [0.15, 0.2) is 0 Å². The molecule has 0 spiro atoms. The predicted molar refractivity (Wildman–Crippen MR) is 158 cm³/mol. The molecule has 1 nitrogen and oxygen atoms in total.